The van der Waals surface area contributed by atoms with E-state index in [4.69, 9.17) is 16.9 Å². The van der Waals surface area contributed by atoms with Crippen LogP contribution in [-0.4, -0.2) is 52.3 Å². The Kier molecular flexibility index (Phi) is 4.39. The lowest BCUT2D eigenvalue weighted by atomic mass is 9.91. The Hall–Kier alpha value is -2.59. The zero-order chi connectivity index (χ0) is 21.2. The molecule has 0 saturated carbocycles. The molecule has 0 spiro atoms. The Labute approximate surface area is 174 Å². The Balaban J connectivity index is 1.65. The molecule has 3 aliphatic heterocycles. The van der Waals surface area contributed by atoms with Crippen molar-refractivity contribution in [1.29, 1.82) is 5.26 Å². The number of hydrogen-bond acceptors (Lipinski definition) is 4. The molecular weight excluding hydrogens is 392 g/mol. The van der Waals surface area contributed by atoms with E-state index in [-0.39, 0.29) is 40.4 Å². The Morgan fingerprint density at radius 3 is 2.62 bits per heavy atom. The minimum absolute atomic E-state index is 0.0287. The lowest BCUT2D eigenvalue weighted by Gasteiger charge is -2.36. The molecule has 0 N–H and O–H groups in total. The van der Waals surface area contributed by atoms with Crippen molar-refractivity contribution in [3.63, 3.8) is 0 Å². The van der Waals surface area contributed by atoms with Crippen LogP contribution in [0.5, 0.6) is 0 Å². The highest BCUT2D eigenvalue weighted by atomic mass is 35.5. The third-order valence-corrected chi connectivity index (χ3v) is 6.47. The molecule has 0 aliphatic carbocycles. The van der Waals surface area contributed by atoms with E-state index >= 15 is 0 Å². The van der Waals surface area contributed by atoms with Gasteiger partial charge < -0.3 is 9.80 Å². The van der Waals surface area contributed by atoms with Gasteiger partial charge in [-0.3, -0.25) is 9.59 Å². The summed E-state index contributed by atoms with van der Waals surface area (Å²) in [6.45, 7) is 8.19. The van der Waals surface area contributed by atoms with Gasteiger partial charge in [-0.1, -0.05) is 32.4 Å². The summed E-state index contributed by atoms with van der Waals surface area (Å²) in [5, 5.41) is 9.38. The highest BCUT2D eigenvalue weighted by Gasteiger charge is 2.63. The molecule has 1 aromatic carbocycles. The number of amides is 4. The standard InChI is InChI=1S/C21H23ClN4O3/c1-11-14(6-5-12(9-23)17(11)22)26-19(28)18-15-7-13(25(18)20(26)29)10-24(15)16(27)8-21(2,3)4/h5-6,13,15,18H,7-8,10H2,1-4H3/t13-,15-,18-/m0/s1. The number of benzene rings is 1. The summed E-state index contributed by atoms with van der Waals surface area (Å²) in [6, 6.07) is 3.64. The van der Waals surface area contributed by atoms with E-state index in [1.165, 1.54) is 6.07 Å². The summed E-state index contributed by atoms with van der Waals surface area (Å²) in [4.78, 5) is 43.8. The van der Waals surface area contributed by atoms with E-state index in [9.17, 15) is 14.4 Å². The van der Waals surface area contributed by atoms with Gasteiger partial charge in [-0.05, 0) is 36.5 Å². The van der Waals surface area contributed by atoms with Crippen LogP contribution in [0.15, 0.2) is 12.1 Å². The van der Waals surface area contributed by atoms with Gasteiger partial charge >= 0.3 is 6.03 Å². The van der Waals surface area contributed by atoms with Crippen molar-refractivity contribution in [1.82, 2.24) is 9.80 Å². The number of imide groups is 1. The van der Waals surface area contributed by atoms with Crippen LogP contribution in [0, 0.1) is 23.7 Å². The van der Waals surface area contributed by atoms with Crippen molar-refractivity contribution in [2.75, 3.05) is 11.4 Å². The fraction of sp³-hybridized carbons (Fsp3) is 0.524. The van der Waals surface area contributed by atoms with Crippen LogP contribution < -0.4 is 4.90 Å². The van der Waals surface area contributed by atoms with E-state index in [0.717, 1.165) is 4.90 Å². The molecule has 3 fully saturated rings. The average molecular weight is 415 g/mol. The second-order valence-corrected chi connectivity index (χ2v) is 9.61. The normalized spacial score (nSPS) is 25.7. The van der Waals surface area contributed by atoms with Gasteiger partial charge in [0.15, 0.2) is 0 Å². The molecule has 3 aliphatic rings. The van der Waals surface area contributed by atoms with Gasteiger partial charge in [-0.2, -0.15) is 5.26 Å². The molecule has 29 heavy (non-hydrogen) atoms. The smallest absolute Gasteiger partial charge is 0.332 e. The number of halogens is 1. The van der Waals surface area contributed by atoms with Gasteiger partial charge in [0.05, 0.1) is 28.4 Å². The Bertz CT molecular complexity index is 977. The van der Waals surface area contributed by atoms with Crippen molar-refractivity contribution < 1.29 is 14.4 Å². The first-order valence-corrected chi connectivity index (χ1v) is 10.1. The van der Waals surface area contributed by atoms with Gasteiger partial charge in [-0.15, -0.1) is 0 Å². The molecule has 7 nitrogen and oxygen atoms in total. The number of nitrogens with zero attached hydrogens (tertiary/aromatic N) is 4. The number of urea groups is 1. The minimum Gasteiger partial charge on any atom is -0.335 e. The zero-order valence-electron chi connectivity index (χ0n) is 16.9. The molecule has 1 aromatic rings. The maximum Gasteiger partial charge on any atom is 0.332 e. The third kappa shape index (κ3) is 2.89. The molecular formula is C21H23ClN4O3. The lowest BCUT2D eigenvalue weighted by Crippen LogP contribution is -2.55. The molecule has 8 heteroatoms. The van der Waals surface area contributed by atoms with Crippen LogP contribution in [0.25, 0.3) is 0 Å². The fourth-order valence-electron chi connectivity index (χ4n) is 4.72. The number of anilines is 1. The molecule has 2 bridgehead atoms. The monoisotopic (exact) mass is 414 g/mol. The van der Waals surface area contributed by atoms with Gasteiger partial charge in [0.1, 0.15) is 12.1 Å². The quantitative estimate of drug-likeness (QED) is 0.696. The topological polar surface area (TPSA) is 84.7 Å². The first-order chi connectivity index (χ1) is 13.5. The predicted molar refractivity (Wildman–Crippen MR) is 107 cm³/mol. The first-order valence-electron chi connectivity index (χ1n) is 9.70. The SMILES string of the molecule is Cc1c(N2C(=O)[C@@H]3[C@@H]4C[C@@H](CN4C(=O)CC(C)(C)C)N3C2=O)ccc(C#N)c1Cl. The minimum atomic E-state index is -0.654. The van der Waals surface area contributed by atoms with Crippen LogP contribution in [-0.2, 0) is 9.59 Å². The van der Waals surface area contributed by atoms with Crippen LogP contribution in [0.1, 0.15) is 44.7 Å². The maximum absolute atomic E-state index is 13.3. The lowest BCUT2D eigenvalue weighted by molar-refractivity contribution is -0.137. The molecule has 3 saturated heterocycles. The summed E-state index contributed by atoms with van der Waals surface area (Å²) in [6.07, 6.45) is 1.04. The van der Waals surface area contributed by atoms with Crippen LogP contribution in [0.4, 0.5) is 10.5 Å². The molecule has 3 atom stereocenters. The van der Waals surface area contributed by atoms with Crippen molar-refractivity contribution in [2.24, 2.45) is 5.41 Å². The average Bonchev–Trinajstić information content (AvgIpc) is 3.28. The van der Waals surface area contributed by atoms with Crippen LogP contribution in [0.3, 0.4) is 0 Å². The van der Waals surface area contributed by atoms with Crippen LogP contribution >= 0.6 is 11.6 Å². The van der Waals surface area contributed by atoms with Crippen molar-refractivity contribution in [3.05, 3.63) is 28.3 Å². The molecule has 0 aromatic heterocycles. The van der Waals surface area contributed by atoms with E-state index in [2.05, 4.69) is 0 Å². The van der Waals surface area contributed by atoms with E-state index in [0.29, 0.717) is 36.2 Å². The molecule has 0 unspecified atom stereocenters. The van der Waals surface area contributed by atoms with Gasteiger partial charge in [0.2, 0.25) is 5.91 Å². The van der Waals surface area contributed by atoms with Crippen LogP contribution in [0.2, 0.25) is 5.02 Å². The number of carbonyl (C=O) groups excluding carboxylic acids is 3. The summed E-state index contributed by atoms with van der Waals surface area (Å²) in [5.74, 6) is -0.305. The first kappa shape index (κ1) is 19.7. The number of hydrogen-bond donors (Lipinski definition) is 0. The highest BCUT2D eigenvalue weighted by Crippen LogP contribution is 2.44. The number of nitriles is 1. The fourth-order valence-corrected chi connectivity index (χ4v) is 4.93. The number of rotatable bonds is 2. The molecule has 3 heterocycles. The summed E-state index contributed by atoms with van der Waals surface area (Å²) in [5.41, 5.74) is 1.06. The van der Waals surface area contributed by atoms with Gasteiger partial charge in [-0.25, -0.2) is 9.69 Å². The second kappa shape index (κ2) is 6.46. The molecule has 4 amide bonds. The van der Waals surface area contributed by atoms with E-state index in [1.807, 2.05) is 26.8 Å². The summed E-state index contributed by atoms with van der Waals surface area (Å²) in [7, 11) is 0. The van der Waals surface area contributed by atoms with Gasteiger partial charge in [0.25, 0.3) is 5.91 Å². The Morgan fingerprint density at radius 1 is 1.31 bits per heavy atom. The van der Waals surface area contributed by atoms with Gasteiger partial charge in [0, 0.05) is 13.0 Å². The highest BCUT2D eigenvalue weighted by molar-refractivity contribution is 6.33. The zero-order valence-corrected chi connectivity index (χ0v) is 17.7. The maximum atomic E-state index is 13.3. The van der Waals surface area contributed by atoms with Crippen molar-refractivity contribution in [3.8, 4) is 6.07 Å². The third-order valence-electron chi connectivity index (χ3n) is 5.99. The van der Waals surface area contributed by atoms with Crippen molar-refractivity contribution in [2.45, 2.75) is 58.7 Å². The summed E-state index contributed by atoms with van der Waals surface area (Å²) >= 11 is 6.25. The largest absolute Gasteiger partial charge is 0.335 e. The Morgan fingerprint density at radius 2 is 2.00 bits per heavy atom. The molecule has 0 radical (unpaired) electrons. The van der Waals surface area contributed by atoms with E-state index < -0.39 is 6.04 Å². The predicted octanol–water partition coefficient (Wildman–Crippen LogP) is 3.08. The molecule has 4 rings (SSSR count). The van der Waals surface area contributed by atoms with Crippen molar-refractivity contribution >= 4 is 35.1 Å². The number of piperazine rings is 1. The number of carbonyl (C=O) groups is 3. The molecule has 152 valence electrons. The second-order valence-electron chi connectivity index (χ2n) is 9.23. The number of likely N-dealkylation sites (tertiary alicyclic amines) is 1. The number of fused-ring (bicyclic) bond motifs is 5. The van der Waals surface area contributed by atoms with E-state index in [1.54, 1.807) is 22.8 Å². The summed E-state index contributed by atoms with van der Waals surface area (Å²) < 4.78 is 0.